The van der Waals surface area contributed by atoms with E-state index in [2.05, 4.69) is 10.3 Å². The largest absolute Gasteiger partial charge is 0.480 e. The maximum absolute atomic E-state index is 11.2. The Morgan fingerprint density at radius 1 is 1.38 bits per heavy atom. The number of rotatable bonds is 4. The van der Waals surface area contributed by atoms with Crippen LogP contribution in [0.3, 0.4) is 0 Å². The molecule has 7 heteroatoms. The minimum Gasteiger partial charge on any atom is -0.480 e. The van der Waals surface area contributed by atoms with Crippen molar-refractivity contribution in [3.8, 4) is 5.69 Å². The summed E-state index contributed by atoms with van der Waals surface area (Å²) in [5.74, 6) is -0.766. The zero-order valence-electron chi connectivity index (χ0n) is 11.3. The first kappa shape index (κ1) is 14.0. The van der Waals surface area contributed by atoms with Crippen molar-refractivity contribution in [3.63, 3.8) is 0 Å². The second-order valence-electron chi connectivity index (χ2n) is 5.10. The Labute approximate surface area is 126 Å². The second-order valence-corrected chi connectivity index (χ2v) is 5.53. The van der Waals surface area contributed by atoms with Gasteiger partial charge in [0.15, 0.2) is 0 Å². The molecule has 2 aromatic rings. The standard InChI is InChI=1S/C14H15ClN4O2/c15-10-3-5-12(6-4-10)19-9-11(16-17-19)8-18-7-1-2-13(18)14(20)21/h3-6,9,13H,1-2,7-8H2,(H,20,21)/t13-/m1/s1. The number of carboxylic acids is 1. The van der Waals surface area contributed by atoms with Crippen LogP contribution in [0.25, 0.3) is 5.69 Å². The van der Waals surface area contributed by atoms with Crippen molar-refractivity contribution in [1.82, 2.24) is 19.9 Å². The fourth-order valence-corrected chi connectivity index (χ4v) is 2.72. The van der Waals surface area contributed by atoms with Gasteiger partial charge in [0.1, 0.15) is 6.04 Å². The van der Waals surface area contributed by atoms with E-state index in [1.165, 1.54) is 0 Å². The average molecular weight is 307 g/mol. The van der Waals surface area contributed by atoms with Crippen molar-refractivity contribution in [3.05, 3.63) is 41.2 Å². The summed E-state index contributed by atoms with van der Waals surface area (Å²) in [5.41, 5.74) is 1.63. The maximum atomic E-state index is 11.2. The Hall–Kier alpha value is -1.92. The van der Waals surface area contributed by atoms with Gasteiger partial charge in [-0.3, -0.25) is 9.69 Å². The highest BCUT2D eigenvalue weighted by atomic mass is 35.5. The average Bonchev–Trinajstić information content (AvgIpc) is 3.09. The topological polar surface area (TPSA) is 71.2 Å². The molecule has 0 bridgehead atoms. The quantitative estimate of drug-likeness (QED) is 0.935. The molecule has 21 heavy (non-hydrogen) atoms. The fourth-order valence-electron chi connectivity index (χ4n) is 2.59. The van der Waals surface area contributed by atoms with Gasteiger partial charge in [-0.25, -0.2) is 4.68 Å². The number of carboxylic acid groups (broad SMARTS) is 1. The third-order valence-electron chi connectivity index (χ3n) is 3.65. The van der Waals surface area contributed by atoms with Crippen LogP contribution >= 0.6 is 11.6 Å². The number of hydrogen-bond acceptors (Lipinski definition) is 4. The molecule has 1 N–H and O–H groups in total. The molecule has 6 nitrogen and oxygen atoms in total. The molecule has 0 unspecified atom stereocenters. The highest BCUT2D eigenvalue weighted by molar-refractivity contribution is 6.30. The number of likely N-dealkylation sites (tertiary alicyclic amines) is 1. The van der Waals surface area contributed by atoms with Crippen molar-refractivity contribution in [2.24, 2.45) is 0 Å². The van der Waals surface area contributed by atoms with Gasteiger partial charge in [-0.15, -0.1) is 5.10 Å². The van der Waals surface area contributed by atoms with Crippen LogP contribution in [0, 0.1) is 0 Å². The third-order valence-corrected chi connectivity index (χ3v) is 3.90. The summed E-state index contributed by atoms with van der Waals surface area (Å²) in [6.45, 7) is 1.29. The van der Waals surface area contributed by atoms with Gasteiger partial charge in [0.25, 0.3) is 0 Å². The van der Waals surface area contributed by atoms with Crippen LogP contribution in [0.2, 0.25) is 5.02 Å². The fraction of sp³-hybridized carbons (Fsp3) is 0.357. The van der Waals surface area contributed by atoms with Crippen molar-refractivity contribution >= 4 is 17.6 Å². The van der Waals surface area contributed by atoms with Crippen LogP contribution in [0.4, 0.5) is 0 Å². The first-order chi connectivity index (χ1) is 10.1. The Kier molecular flexibility index (Phi) is 3.90. The molecule has 110 valence electrons. The molecular formula is C14H15ClN4O2. The lowest BCUT2D eigenvalue weighted by atomic mass is 10.2. The number of carbonyl (C=O) groups is 1. The van der Waals surface area contributed by atoms with Crippen LogP contribution in [0.5, 0.6) is 0 Å². The molecule has 0 saturated carbocycles. The summed E-state index contributed by atoms with van der Waals surface area (Å²) >= 11 is 5.86. The molecule has 0 aliphatic carbocycles. The van der Waals surface area contributed by atoms with E-state index in [1.807, 2.05) is 23.2 Å². The first-order valence-electron chi connectivity index (χ1n) is 6.77. The third kappa shape index (κ3) is 3.06. The molecule has 1 aromatic carbocycles. The summed E-state index contributed by atoms with van der Waals surface area (Å²) in [5, 5.41) is 18.0. The molecule has 0 amide bonds. The predicted molar refractivity (Wildman–Crippen MR) is 77.4 cm³/mol. The van der Waals surface area contributed by atoms with E-state index in [1.54, 1.807) is 16.8 Å². The summed E-state index contributed by atoms with van der Waals surface area (Å²) in [7, 11) is 0. The normalized spacial score (nSPS) is 19.0. The number of aromatic nitrogens is 3. The molecule has 0 radical (unpaired) electrons. The predicted octanol–water partition coefficient (Wildman–Crippen LogP) is 1.97. The highest BCUT2D eigenvalue weighted by Gasteiger charge is 2.30. The van der Waals surface area contributed by atoms with Gasteiger partial charge in [0.05, 0.1) is 17.6 Å². The van der Waals surface area contributed by atoms with E-state index in [4.69, 9.17) is 11.6 Å². The van der Waals surface area contributed by atoms with Crippen LogP contribution in [0.15, 0.2) is 30.5 Å². The minimum absolute atomic E-state index is 0.411. The SMILES string of the molecule is O=C(O)[C@H]1CCCN1Cc1cn(-c2ccc(Cl)cc2)nn1. The molecule has 3 rings (SSSR count). The molecule has 1 atom stereocenters. The lowest BCUT2D eigenvalue weighted by molar-refractivity contribution is -0.142. The van der Waals surface area contributed by atoms with E-state index >= 15 is 0 Å². The summed E-state index contributed by atoms with van der Waals surface area (Å²) in [6, 6.07) is 6.89. The summed E-state index contributed by atoms with van der Waals surface area (Å²) < 4.78 is 1.66. The number of nitrogens with zero attached hydrogens (tertiary/aromatic N) is 4. The van der Waals surface area contributed by atoms with E-state index in [-0.39, 0.29) is 0 Å². The second kappa shape index (κ2) is 5.83. The van der Waals surface area contributed by atoms with Gasteiger partial charge in [-0.1, -0.05) is 16.8 Å². The van der Waals surface area contributed by atoms with Crippen LogP contribution in [-0.2, 0) is 11.3 Å². The lowest BCUT2D eigenvalue weighted by Crippen LogP contribution is -2.35. The molecular weight excluding hydrogens is 292 g/mol. The number of halogens is 1. The van der Waals surface area contributed by atoms with E-state index in [9.17, 15) is 9.90 Å². The smallest absolute Gasteiger partial charge is 0.320 e. The highest BCUT2D eigenvalue weighted by Crippen LogP contribution is 2.20. The van der Waals surface area contributed by atoms with Crippen LogP contribution in [0.1, 0.15) is 18.5 Å². The number of benzene rings is 1. The van der Waals surface area contributed by atoms with Gasteiger partial charge in [0, 0.05) is 11.6 Å². The number of hydrogen-bond donors (Lipinski definition) is 1. The Morgan fingerprint density at radius 3 is 2.86 bits per heavy atom. The molecule has 1 fully saturated rings. The van der Waals surface area contributed by atoms with Gasteiger partial charge < -0.3 is 5.11 Å². The molecule has 1 aromatic heterocycles. The lowest BCUT2D eigenvalue weighted by Gasteiger charge is -2.19. The minimum atomic E-state index is -0.766. The van der Waals surface area contributed by atoms with Crippen molar-refractivity contribution in [2.75, 3.05) is 6.54 Å². The van der Waals surface area contributed by atoms with E-state index in [0.717, 1.165) is 24.3 Å². The van der Waals surface area contributed by atoms with E-state index < -0.39 is 12.0 Å². The molecule has 1 saturated heterocycles. The van der Waals surface area contributed by atoms with Crippen LogP contribution in [-0.4, -0.2) is 43.6 Å². The summed E-state index contributed by atoms with van der Waals surface area (Å²) in [6.07, 6.45) is 3.42. The zero-order chi connectivity index (χ0) is 14.8. The zero-order valence-corrected chi connectivity index (χ0v) is 12.1. The number of aliphatic carboxylic acids is 1. The molecule has 2 heterocycles. The molecule has 1 aliphatic rings. The van der Waals surface area contributed by atoms with Crippen molar-refractivity contribution < 1.29 is 9.90 Å². The van der Waals surface area contributed by atoms with E-state index in [0.29, 0.717) is 18.0 Å². The Bertz CT molecular complexity index is 641. The maximum Gasteiger partial charge on any atom is 0.320 e. The Morgan fingerprint density at radius 2 is 2.14 bits per heavy atom. The van der Waals surface area contributed by atoms with Crippen molar-refractivity contribution in [1.29, 1.82) is 0 Å². The van der Waals surface area contributed by atoms with Crippen LogP contribution < -0.4 is 0 Å². The van der Waals surface area contributed by atoms with Gasteiger partial charge >= 0.3 is 5.97 Å². The van der Waals surface area contributed by atoms with Gasteiger partial charge in [0.2, 0.25) is 0 Å². The monoisotopic (exact) mass is 306 g/mol. The molecule has 1 aliphatic heterocycles. The Balaban J connectivity index is 1.73. The molecule has 0 spiro atoms. The van der Waals surface area contributed by atoms with Crippen molar-refractivity contribution in [2.45, 2.75) is 25.4 Å². The van der Waals surface area contributed by atoms with Gasteiger partial charge in [-0.2, -0.15) is 0 Å². The van der Waals surface area contributed by atoms with Gasteiger partial charge in [-0.05, 0) is 43.7 Å². The first-order valence-corrected chi connectivity index (χ1v) is 7.15. The summed E-state index contributed by atoms with van der Waals surface area (Å²) in [4.78, 5) is 13.1.